The van der Waals surface area contributed by atoms with E-state index in [4.69, 9.17) is 5.11 Å². The van der Waals surface area contributed by atoms with Crippen LogP contribution in [0.1, 0.15) is 51.4 Å². The van der Waals surface area contributed by atoms with Crippen LogP contribution in [0, 0.1) is 5.92 Å². The maximum atomic E-state index is 10.2. The predicted octanol–water partition coefficient (Wildman–Crippen LogP) is 1.91. The maximum absolute atomic E-state index is 10.2. The summed E-state index contributed by atoms with van der Waals surface area (Å²) >= 11 is 0. The Balaban J connectivity index is 0.00000144. The molecule has 0 aliphatic heterocycles. The third-order valence-corrected chi connectivity index (χ3v) is 2.73. The molecule has 0 aromatic heterocycles. The molecule has 1 fully saturated rings. The molecule has 0 aromatic rings. The summed E-state index contributed by atoms with van der Waals surface area (Å²) in [5.74, 6) is 0.184. The van der Waals surface area contributed by atoms with Crippen molar-refractivity contribution >= 4 is 51.5 Å². The molecule has 13 heavy (non-hydrogen) atoms. The van der Waals surface area contributed by atoms with Crippen LogP contribution in [0.3, 0.4) is 0 Å². The molecule has 1 N–H and O–H groups in total. The monoisotopic (exact) mass is 260 g/mol. The van der Waals surface area contributed by atoms with Gasteiger partial charge >= 0.3 is 51.5 Å². The summed E-state index contributed by atoms with van der Waals surface area (Å²) in [6.07, 6.45) is 9.13. The third kappa shape index (κ3) is 6.95. The molecule has 1 aliphatic carbocycles. The summed E-state index contributed by atoms with van der Waals surface area (Å²) in [7, 11) is 0. The van der Waals surface area contributed by atoms with E-state index in [2.05, 4.69) is 0 Å². The van der Waals surface area contributed by atoms with Gasteiger partial charge in [0, 0.05) is 6.42 Å². The molecule has 0 radical (unpaired) electrons. The molecule has 0 amide bonds. The van der Waals surface area contributed by atoms with Gasteiger partial charge in [-0.2, -0.15) is 0 Å². The first-order chi connectivity index (χ1) is 5.79. The molecular weight excluding hydrogens is 240 g/mol. The van der Waals surface area contributed by atoms with E-state index < -0.39 is 5.97 Å². The standard InChI is InChI=1S/C10H18O2.Sr.2H/c11-10(12)8-4-7-9-5-2-1-3-6-9;;;/h9H,1-8H2,(H,11,12);;;. The van der Waals surface area contributed by atoms with Crippen LogP contribution in [0.15, 0.2) is 0 Å². The first-order valence-corrected chi connectivity index (χ1v) is 5.01. The number of carbonyl (C=O) groups is 1. The number of rotatable bonds is 4. The fourth-order valence-corrected chi connectivity index (χ4v) is 2.02. The van der Waals surface area contributed by atoms with Crippen LogP contribution in [0.5, 0.6) is 0 Å². The molecule has 0 atom stereocenters. The second-order valence-corrected chi connectivity index (χ2v) is 3.79. The molecule has 0 aromatic carbocycles. The molecule has 0 unspecified atom stereocenters. The first-order valence-electron chi connectivity index (χ1n) is 5.01. The summed E-state index contributed by atoms with van der Waals surface area (Å²) in [4.78, 5) is 10.2. The molecule has 2 nitrogen and oxygen atoms in total. The van der Waals surface area contributed by atoms with Crippen molar-refractivity contribution in [1.29, 1.82) is 0 Å². The van der Waals surface area contributed by atoms with Crippen LogP contribution in [0.25, 0.3) is 0 Å². The van der Waals surface area contributed by atoms with Gasteiger partial charge in [0.2, 0.25) is 0 Å². The second-order valence-electron chi connectivity index (χ2n) is 3.79. The van der Waals surface area contributed by atoms with E-state index in [1.807, 2.05) is 0 Å². The van der Waals surface area contributed by atoms with Crippen LogP contribution in [0.4, 0.5) is 0 Å². The molecule has 0 bridgehead atoms. The van der Waals surface area contributed by atoms with Crippen molar-refractivity contribution in [2.75, 3.05) is 0 Å². The minimum absolute atomic E-state index is 0. The number of hydrogen-bond donors (Lipinski definition) is 1. The molecule has 74 valence electrons. The van der Waals surface area contributed by atoms with Crippen LogP contribution in [0.2, 0.25) is 0 Å². The molecule has 1 aliphatic rings. The van der Waals surface area contributed by atoms with Gasteiger partial charge in [-0.05, 0) is 18.8 Å². The van der Waals surface area contributed by atoms with E-state index in [-0.39, 0.29) is 45.5 Å². The summed E-state index contributed by atoms with van der Waals surface area (Å²) in [5.41, 5.74) is 0. The summed E-state index contributed by atoms with van der Waals surface area (Å²) < 4.78 is 0. The van der Waals surface area contributed by atoms with E-state index in [1.54, 1.807) is 0 Å². The van der Waals surface area contributed by atoms with Crippen molar-refractivity contribution in [1.82, 2.24) is 0 Å². The molecule has 0 spiro atoms. The van der Waals surface area contributed by atoms with Crippen molar-refractivity contribution < 1.29 is 9.90 Å². The molecular formula is C10H20O2Sr. The van der Waals surface area contributed by atoms with Gasteiger partial charge < -0.3 is 5.11 Å². The zero-order valence-corrected chi connectivity index (χ0v) is 7.59. The fourth-order valence-electron chi connectivity index (χ4n) is 2.02. The van der Waals surface area contributed by atoms with Crippen molar-refractivity contribution in [2.45, 2.75) is 51.4 Å². The minimum atomic E-state index is -0.647. The van der Waals surface area contributed by atoms with Gasteiger partial charge in [0.1, 0.15) is 0 Å². The van der Waals surface area contributed by atoms with Gasteiger partial charge in [-0.15, -0.1) is 0 Å². The first kappa shape index (κ1) is 14.0. The number of carboxylic acids is 1. The zero-order valence-electron chi connectivity index (χ0n) is 7.59. The summed E-state index contributed by atoms with van der Waals surface area (Å²) in [6, 6.07) is 0. The average Bonchev–Trinajstić information content (AvgIpc) is 2.05. The van der Waals surface area contributed by atoms with E-state index >= 15 is 0 Å². The Morgan fingerprint density at radius 1 is 1.23 bits per heavy atom. The van der Waals surface area contributed by atoms with Gasteiger partial charge in [0.05, 0.1) is 0 Å². The normalized spacial score (nSPS) is 17.8. The van der Waals surface area contributed by atoms with Gasteiger partial charge in [-0.3, -0.25) is 4.79 Å². The Morgan fingerprint density at radius 2 is 1.85 bits per heavy atom. The van der Waals surface area contributed by atoms with Gasteiger partial charge in [0.25, 0.3) is 0 Å². The van der Waals surface area contributed by atoms with Gasteiger partial charge in [-0.1, -0.05) is 32.1 Å². The summed E-state index contributed by atoms with van der Waals surface area (Å²) in [6.45, 7) is 0. The summed E-state index contributed by atoms with van der Waals surface area (Å²) in [5, 5.41) is 8.44. The van der Waals surface area contributed by atoms with Crippen molar-refractivity contribution in [3.8, 4) is 0 Å². The number of hydrogen-bond acceptors (Lipinski definition) is 1. The Kier molecular flexibility index (Phi) is 8.88. The van der Waals surface area contributed by atoms with E-state index in [9.17, 15) is 4.79 Å². The average molecular weight is 260 g/mol. The Hall–Kier alpha value is 0.951. The van der Waals surface area contributed by atoms with Gasteiger partial charge in [-0.25, -0.2) is 0 Å². The topological polar surface area (TPSA) is 37.3 Å². The van der Waals surface area contributed by atoms with Crippen LogP contribution < -0.4 is 0 Å². The van der Waals surface area contributed by atoms with Crippen molar-refractivity contribution in [3.05, 3.63) is 0 Å². The predicted molar refractivity (Wildman–Crippen MR) is 56.6 cm³/mol. The van der Waals surface area contributed by atoms with Crippen molar-refractivity contribution in [3.63, 3.8) is 0 Å². The van der Waals surface area contributed by atoms with Crippen LogP contribution in [-0.4, -0.2) is 56.6 Å². The van der Waals surface area contributed by atoms with Crippen molar-refractivity contribution in [2.24, 2.45) is 5.92 Å². The molecule has 1 rings (SSSR count). The Morgan fingerprint density at radius 3 is 2.38 bits per heavy atom. The molecule has 0 saturated heterocycles. The molecule has 3 heteroatoms. The Bertz CT molecular complexity index is 142. The second kappa shape index (κ2) is 8.27. The molecule has 1 saturated carbocycles. The van der Waals surface area contributed by atoms with Gasteiger partial charge in [0.15, 0.2) is 0 Å². The van der Waals surface area contributed by atoms with E-state index in [0.29, 0.717) is 6.42 Å². The SMILES string of the molecule is O=C(O)CCCC1CCCCC1.[SrH2]. The zero-order chi connectivity index (χ0) is 8.81. The molecule has 0 heterocycles. The van der Waals surface area contributed by atoms with Crippen LogP contribution >= 0.6 is 0 Å². The Labute approximate surface area is 117 Å². The number of carboxylic acid groups (broad SMARTS) is 1. The van der Waals surface area contributed by atoms with Crippen LogP contribution in [-0.2, 0) is 4.79 Å². The fraction of sp³-hybridized carbons (Fsp3) is 0.900. The van der Waals surface area contributed by atoms with E-state index in [0.717, 1.165) is 18.8 Å². The van der Waals surface area contributed by atoms with E-state index in [1.165, 1.54) is 32.1 Å². The quantitative estimate of drug-likeness (QED) is 0.784. The third-order valence-electron chi connectivity index (χ3n) is 2.73. The number of aliphatic carboxylic acids is 1.